The SMILES string of the molecule is COc1ccc(Cn2cc3c(c2Nc2ccccc2)C(=O)N(C)C2=NC4CCCC4N23)cc1. The molecule has 1 amide bonds. The molecule has 0 spiro atoms. The minimum atomic E-state index is -0.0214. The standard InChI is InChI=1S/C26H27N5O2/c1-29-25(32)23-22(31-21-10-6-9-20(21)28-26(29)31)16-30(15-17-11-13-19(33-2)14-12-17)24(23)27-18-7-4-3-5-8-18/h3-5,7-8,11-14,16,20-21,27H,6,9-10,15H2,1-2H3. The molecule has 0 saturated heterocycles. The van der Waals surface area contributed by atoms with Gasteiger partial charge in [0.05, 0.1) is 24.9 Å². The molecule has 168 valence electrons. The van der Waals surface area contributed by atoms with E-state index < -0.39 is 0 Å². The number of carbonyl (C=O) groups excluding carboxylic acids is 1. The van der Waals surface area contributed by atoms with Crippen LogP contribution >= 0.6 is 0 Å². The third-order valence-electron chi connectivity index (χ3n) is 6.96. The van der Waals surface area contributed by atoms with Gasteiger partial charge in [-0.05, 0) is 49.1 Å². The summed E-state index contributed by atoms with van der Waals surface area (Å²) in [5.41, 5.74) is 3.75. The number of hydrogen-bond donors (Lipinski definition) is 1. The number of carbonyl (C=O) groups is 1. The largest absolute Gasteiger partial charge is 0.497 e. The van der Waals surface area contributed by atoms with E-state index in [4.69, 9.17) is 9.73 Å². The summed E-state index contributed by atoms with van der Waals surface area (Å²) in [6.07, 6.45) is 5.48. The maximum atomic E-state index is 13.6. The molecule has 7 heteroatoms. The Morgan fingerprint density at radius 1 is 1.09 bits per heavy atom. The lowest BCUT2D eigenvalue weighted by Gasteiger charge is -2.35. The van der Waals surface area contributed by atoms with Crippen LogP contribution in [0.4, 0.5) is 17.2 Å². The maximum Gasteiger partial charge on any atom is 0.266 e. The van der Waals surface area contributed by atoms with Gasteiger partial charge in [0, 0.05) is 25.5 Å². The number of para-hydroxylation sites is 1. The minimum Gasteiger partial charge on any atom is -0.497 e. The molecular weight excluding hydrogens is 414 g/mol. The summed E-state index contributed by atoms with van der Waals surface area (Å²) in [6.45, 7) is 0.636. The number of ether oxygens (including phenoxy) is 1. The Labute approximate surface area is 193 Å². The fourth-order valence-electron chi connectivity index (χ4n) is 5.30. The van der Waals surface area contributed by atoms with E-state index in [2.05, 4.69) is 33.1 Å². The number of fused-ring (bicyclic) bond motifs is 5. The average Bonchev–Trinajstić information content (AvgIpc) is 3.52. The van der Waals surface area contributed by atoms with Crippen molar-refractivity contribution in [2.45, 2.75) is 37.9 Å². The number of nitrogens with zero attached hydrogens (tertiary/aromatic N) is 4. The number of aliphatic imine (C=N–C) groups is 1. The predicted molar refractivity (Wildman–Crippen MR) is 130 cm³/mol. The summed E-state index contributed by atoms with van der Waals surface area (Å²) in [4.78, 5) is 22.5. The highest BCUT2D eigenvalue weighted by Crippen LogP contribution is 2.44. The van der Waals surface area contributed by atoms with Gasteiger partial charge in [0.2, 0.25) is 5.96 Å². The van der Waals surface area contributed by atoms with Crippen molar-refractivity contribution in [3.05, 3.63) is 71.9 Å². The average molecular weight is 442 g/mol. The van der Waals surface area contributed by atoms with E-state index in [1.54, 1.807) is 12.0 Å². The molecule has 7 nitrogen and oxygen atoms in total. The Morgan fingerprint density at radius 2 is 1.88 bits per heavy atom. The molecule has 3 aliphatic rings. The molecular formula is C26H27N5O2. The van der Waals surface area contributed by atoms with Gasteiger partial charge in [-0.2, -0.15) is 0 Å². The second kappa shape index (κ2) is 7.69. The molecule has 3 aromatic rings. The second-order valence-electron chi connectivity index (χ2n) is 8.93. The molecule has 1 N–H and O–H groups in total. The Kier molecular flexibility index (Phi) is 4.64. The molecule has 2 aliphatic heterocycles. The lowest BCUT2D eigenvalue weighted by Crippen LogP contribution is -2.51. The van der Waals surface area contributed by atoms with Crippen molar-refractivity contribution in [2.75, 3.05) is 24.4 Å². The quantitative estimate of drug-likeness (QED) is 0.635. The van der Waals surface area contributed by atoms with Crippen molar-refractivity contribution < 1.29 is 9.53 Å². The van der Waals surface area contributed by atoms with Gasteiger partial charge < -0.3 is 19.5 Å². The minimum absolute atomic E-state index is 0.0214. The fraction of sp³-hybridized carbons (Fsp3) is 0.308. The van der Waals surface area contributed by atoms with Gasteiger partial charge in [0.25, 0.3) is 5.91 Å². The van der Waals surface area contributed by atoms with E-state index in [9.17, 15) is 4.79 Å². The van der Waals surface area contributed by atoms with E-state index >= 15 is 0 Å². The summed E-state index contributed by atoms with van der Waals surface area (Å²) in [6, 6.07) is 18.7. The van der Waals surface area contributed by atoms with Crippen molar-refractivity contribution in [2.24, 2.45) is 4.99 Å². The van der Waals surface area contributed by atoms with E-state index in [1.165, 1.54) is 6.42 Å². The highest BCUT2D eigenvalue weighted by molar-refractivity contribution is 6.22. The molecule has 1 aromatic heterocycles. The van der Waals surface area contributed by atoms with E-state index in [-0.39, 0.29) is 11.9 Å². The lowest BCUT2D eigenvalue weighted by molar-refractivity contribution is 0.0866. The summed E-state index contributed by atoms with van der Waals surface area (Å²) in [5.74, 6) is 2.40. The molecule has 3 heterocycles. The van der Waals surface area contributed by atoms with Crippen LogP contribution in [0, 0.1) is 0 Å². The highest BCUT2D eigenvalue weighted by Gasteiger charge is 2.48. The van der Waals surface area contributed by atoms with Crippen LogP contribution in [0.25, 0.3) is 0 Å². The number of guanidine groups is 1. The third-order valence-corrected chi connectivity index (χ3v) is 6.96. The number of rotatable bonds is 5. The number of hydrogen-bond acceptors (Lipinski definition) is 5. The fourth-order valence-corrected chi connectivity index (χ4v) is 5.30. The van der Waals surface area contributed by atoms with Crippen LogP contribution in [0.3, 0.4) is 0 Å². The first-order valence-corrected chi connectivity index (χ1v) is 11.5. The van der Waals surface area contributed by atoms with Gasteiger partial charge in [-0.3, -0.25) is 9.69 Å². The molecule has 2 atom stereocenters. The summed E-state index contributed by atoms with van der Waals surface area (Å²) in [5, 5.41) is 3.54. The van der Waals surface area contributed by atoms with Crippen LogP contribution in [-0.4, -0.2) is 47.6 Å². The molecule has 33 heavy (non-hydrogen) atoms. The van der Waals surface area contributed by atoms with Crippen LogP contribution < -0.4 is 15.0 Å². The molecule has 0 radical (unpaired) electrons. The molecule has 1 saturated carbocycles. The van der Waals surface area contributed by atoms with Crippen molar-refractivity contribution in [1.82, 2.24) is 9.47 Å². The van der Waals surface area contributed by atoms with Crippen LogP contribution in [0.2, 0.25) is 0 Å². The van der Waals surface area contributed by atoms with E-state index in [0.29, 0.717) is 18.2 Å². The number of anilines is 3. The lowest BCUT2D eigenvalue weighted by atomic mass is 10.1. The maximum absolute atomic E-state index is 13.6. The number of amides is 1. The van der Waals surface area contributed by atoms with Crippen LogP contribution in [0.1, 0.15) is 35.2 Å². The van der Waals surface area contributed by atoms with Crippen LogP contribution in [0.15, 0.2) is 65.8 Å². The number of benzene rings is 2. The van der Waals surface area contributed by atoms with Gasteiger partial charge in [-0.25, -0.2) is 4.99 Å². The Hall–Kier alpha value is -3.74. The third kappa shape index (κ3) is 3.18. The first-order chi connectivity index (χ1) is 16.1. The van der Waals surface area contributed by atoms with Gasteiger partial charge in [-0.15, -0.1) is 0 Å². The van der Waals surface area contributed by atoms with Crippen LogP contribution in [-0.2, 0) is 6.54 Å². The van der Waals surface area contributed by atoms with Gasteiger partial charge in [0.1, 0.15) is 17.1 Å². The van der Waals surface area contributed by atoms with Gasteiger partial charge in [-0.1, -0.05) is 30.3 Å². The monoisotopic (exact) mass is 441 g/mol. The highest BCUT2D eigenvalue weighted by atomic mass is 16.5. The zero-order valence-electron chi connectivity index (χ0n) is 18.9. The molecule has 1 aliphatic carbocycles. The van der Waals surface area contributed by atoms with E-state index in [0.717, 1.165) is 47.3 Å². The normalized spacial score (nSPS) is 20.9. The zero-order valence-corrected chi connectivity index (χ0v) is 18.9. The Morgan fingerprint density at radius 3 is 2.64 bits per heavy atom. The first kappa shape index (κ1) is 19.9. The topological polar surface area (TPSA) is 62.1 Å². The number of aromatic nitrogens is 1. The van der Waals surface area contributed by atoms with Gasteiger partial charge in [0.15, 0.2) is 0 Å². The van der Waals surface area contributed by atoms with Crippen molar-refractivity contribution in [3.63, 3.8) is 0 Å². The molecule has 1 fully saturated rings. The predicted octanol–water partition coefficient (Wildman–Crippen LogP) is 4.47. The van der Waals surface area contributed by atoms with E-state index in [1.807, 2.05) is 49.5 Å². The molecule has 2 unspecified atom stereocenters. The number of nitrogens with one attached hydrogen (secondary N) is 1. The van der Waals surface area contributed by atoms with Crippen molar-refractivity contribution >= 4 is 29.1 Å². The van der Waals surface area contributed by atoms with Crippen molar-refractivity contribution in [3.8, 4) is 5.75 Å². The zero-order chi connectivity index (χ0) is 22.5. The molecule has 0 bridgehead atoms. The van der Waals surface area contributed by atoms with Gasteiger partial charge >= 0.3 is 0 Å². The second-order valence-corrected chi connectivity index (χ2v) is 8.93. The Bertz CT molecular complexity index is 1230. The smallest absolute Gasteiger partial charge is 0.266 e. The summed E-state index contributed by atoms with van der Waals surface area (Å²) >= 11 is 0. The Balaban J connectivity index is 1.47. The summed E-state index contributed by atoms with van der Waals surface area (Å²) < 4.78 is 7.46. The molecule has 2 aromatic carbocycles. The van der Waals surface area contributed by atoms with Crippen LogP contribution in [0.5, 0.6) is 5.75 Å². The van der Waals surface area contributed by atoms with Crippen molar-refractivity contribution in [1.29, 1.82) is 0 Å². The molecule has 6 rings (SSSR count). The first-order valence-electron chi connectivity index (χ1n) is 11.5. The number of methoxy groups -OCH3 is 1. The summed E-state index contributed by atoms with van der Waals surface area (Å²) in [7, 11) is 3.51.